The Bertz CT molecular complexity index is 311. The largest absolute Gasteiger partial charge is 0.468 e. The summed E-state index contributed by atoms with van der Waals surface area (Å²) in [6, 6.07) is -0.634. The van der Waals surface area contributed by atoms with Gasteiger partial charge in [0.25, 0.3) is 0 Å². The Balaban J connectivity index is 2.37. The molecule has 1 heterocycles. The van der Waals surface area contributed by atoms with Crippen molar-refractivity contribution in [3.05, 3.63) is 6.20 Å². The number of nitrogen functional groups attached to an aromatic ring is 1. The summed E-state index contributed by atoms with van der Waals surface area (Å²) in [5.74, 6) is -0.0882. The molecule has 0 aromatic carbocycles. The predicted molar refractivity (Wildman–Crippen MR) is 49.0 cm³/mol. The zero-order valence-electron chi connectivity index (χ0n) is 7.88. The Morgan fingerprint density at radius 3 is 3.00 bits per heavy atom. The Hall–Kier alpha value is -1.63. The van der Waals surface area contributed by atoms with Gasteiger partial charge in [-0.1, -0.05) is 5.21 Å². The van der Waals surface area contributed by atoms with Crippen molar-refractivity contribution < 1.29 is 9.53 Å². The topological polar surface area (TPSA) is 109 Å². The maximum absolute atomic E-state index is 10.9. The summed E-state index contributed by atoms with van der Waals surface area (Å²) >= 11 is 0. The van der Waals surface area contributed by atoms with Gasteiger partial charge in [-0.05, 0) is 6.42 Å². The zero-order valence-corrected chi connectivity index (χ0v) is 7.88. The summed E-state index contributed by atoms with van der Waals surface area (Å²) in [4.78, 5) is 10.9. The minimum Gasteiger partial charge on any atom is -0.468 e. The van der Waals surface area contributed by atoms with Crippen molar-refractivity contribution in [2.24, 2.45) is 5.73 Å². The molecule has 0 aliphatic rings. The van der Waals surface area contributed by atoms with Crippen molar-refractivity contribution in [1.29, 1.82) is 0 Å². The number of nitrogens with zero attached hydrogens (tertiary/aromatic N) is 3. The lowest BCUT2D eigenvalue weighted by molar-refractivity contribution is -0.142. The monoisotopic (exact) mass is 199 g/mol. The van der Waals surface area contributed by atoms with Crippen LogP contribution in [0.25, 0.3) is 0 Å². The third kappa shape index (κ3) is 2.70. The summed E-state index contributed by atoms with van der Waals surface area (Å²) in [6.45, 7) is 0.487. The van der Waals surface area contributed by atoms with E-state index >= 15 is 0 Å². The van der Waals surface area contributed by atoms with E-state index < -0.39 is 12.0 Å². The van der Waals surface area contributed by atoms with Crippen LogP contribution in [0.3, 0.4) is 0 Å². The van der Waals surface area contributed by atoms with Crippen LogP contribution in [0.5, 0.6) is 0 Å². The molecule has 4 N–H and O–H groups in total. The fourth-order valence-corrected chi connectivity index (χ4v) is 0.963. The van der Waals surface area contributed by atoms with E-state index in [4.69, 9.17) is 11.5 Å². The van der Waals surface area contributed by atoms with Crippen molar-refractivity contribution in [2.75, 3.05) is 12.8 Å². The number of methoxy groups -OCH3 is 1. The highest BCUT2D eigenvalue weighted by molar-refractivity contribution is 5.75. The molecule has 0 spiro atoms. The fourth-order valence-electron chi connectivity index (χ4n) is 0.963. The van der Waals surface area contributed by atoms with Crippen LogP contribution in [0.1, 0.15) is 6.42 Å². The van der Waals surface area contributed by atoms with Crippen molar-refractivity contribution in [1.82, 2.24) is 15.0 Å². The van der Waals surface area contributed by atoms with E-state index in [-0.39, 0.29) is 0 Å². The molecule has 0 bridgehead atoms. The minimum absolute atomic E-state index is 0.344. The molecule has 1 aromatic rings. The smallest absolute Gasteiger partial charge is 0.322 e. The molecule has 1 rings (SSSR count). The van der Waals surface area contributed by atoms with Crippen LogP contribution in [-0.2, 0) is 16.1 Å². The van der Waals surface area contributed by atoms with E-state index in [9.17, 15) is 4.79 Å². The van der Waals surface area contributed by atoms with E-state index in [0.717, 1.165) is 0 Å². The second-order valence-corrected chi connectivity index (χ2v) is 2.82. The average Bonchev–Trinajstić information content (AvgIpc) is 2.59. The molecule has 0 aliphatic heterocycles. The number of anilines is 1. The van der Waals surface area contributed by atoms with Gasteiger partial charge in [0.2, 0.25) is 0 Å². The maximum atomic E-state index is 10.9. The number of hydrogen-bond acceptors (Lipinski definition) is 6. The van der Waals surface area contributed by atoms with Crippen LogP contribution < -0.4 is 11.5 Å². The van der Waals surface area contributed by atoms with E-state index in [1.807, 2.05) is 0 Å². The molecule has 1 unspecified atom stereocenters. The lowest BCUT2D eigenvalue weighted by Gasteiger charge is -2.07. The SMILES string of the molecule is COC(=O)C(N)CCn1cc(N)nn1. The first-order chi connectivity index (χ1) is 6.63. The summed E-state index contributed by atoms with van der Waals surface area (Å²) in [6.07, 6.45) is 2.01. The number of aryl methyl sites for hydroxylation is 1. The molecule has 14 heavy (non-hydrogen) atoms. The van der Waals surface area contributed by atoms with Gasteiger partial charge in [0.1, 0.15) is 6.04 Å². The lowest BCUT2D eigenvalue weighted by atomic mass is 10.2. The van der Waals surface area contributed by atoms with Crippen LogP contribution in [-0.4, -0.2) is 34.1 Å². The molecule has 0 saturated carbocycles. The first-order valence-corrected chi connectivity index (χ1v) is 4.12. The van der Waals surface area contributed by atoms with E-state index in [1.165, 1.54) is 11.8 Å². The van der Waals surface area contributed by atoms with Gasteiger partial charge in [-0.25, -0.2) is 0 Å². The normalized spacial score (nSPS) is 12.4. The second kappa shape index (κ2) is 4.56. The molecule has 0 radical (unpaired) electrons. The van der Waals surface area contributed by atoms with Gasteiger partial charge in [-0.2, -0.15) is 0 Å². The maximum Gasteiger partial charge on any atom is 0.322 e. The Kier molecular flexibility index (Phi) is 3.41. The number of ether oxygens (including phenoxy) is 1. The quantitative estimate of drug-likeness (QED) is 0.586. The van der Waals surface area contributed by atoms with Crippen molar-refractivity contribution in [2.45, 2.75) is 19.0 Å². The molecule has 78 valence electrons. The van der Waals surface area contributed by atoms with Crippen LogP contribution in [0.15, 0.2) is 6.20 Å². The van der Waals surface area contributed by atoms with Gasteiger partial charge in [0.05, 0.1) is 13.3 Å². The van der Waals surface area contributed by atoms with Crippen LogP contribution in [0, 0.1) is 0 Å². The molecular formula is C7H13N5O2. The number of carbonyl (C=O) groups excluding carboxylic acids is 1. The molecule has 1 aromatic heterocycles. The number of rotatable bonds is 4. The molecule has 1 atom stereocenters. The number of carbonyl (C=O) groups is 1. The number of nitrogens with two attached hydrogens (primary N) is 2. The molecule has 0 saturated heterocycles. The number of hydrogen-bond donors (Lipinski definition) is 2. The van der Waals surface area contributed by atoms with Crippen LogP contribution in [0.4, 0.5) is 5.82 Å². The fraction of sp³-hybridized carbons (Fsp3) is 0.571. The summed E-state index contributed by atoms with van der Waals surface area (Å²) < 4.78 is 6.00. The van der Waals surface area contributed by atoms with E-state index in [2.05, 4.69) is 15.0 Å². The first-order valence-electron chi connectivity index (χ1n) is 4.12. The number of aromatic nitrogens is 3. The number of esters is 1. The molecule has 7 nitrogen and oxygen atoms in total. The highest BCUT2D eigenvalue weighted by Crippen LogP contribution is 1.97. The Morgan fingerprint density at radius 2 is 2.50 bits per heavy atom. The van der Waals surface area contributed by atoms with Crippen LogP contribution >= 0.6 is 0 Å². The van der Waals surface area contributed by atoms with E-state index in [0.29, 0.717) is 18.8 Å². The Morgan fingerprint density at radius 1 is 1.79 bits per heavy atom. The minimum atomic E-state index is -0.634. The zero-order chi connectivity index (χ0) is 10.6. The third-order valence-electron chi connectivity index (χ3n) is 1.73. The van der Waals surface area contributed by atoms with Gasteiger partial charge in [0, 0.05) is 6.54 Å². The van der Waals surface area contributed by atoms with Gasteiger partial charge in [-0.3, -0.25) is 9.48 Å². The summed E-state index contributed by atoms with van der Waals surface area (Å²) in [5.41, 5.74) is 10.9. The highest BCUT2D eigenvalue weighted by atomic mass is 16.5. The molecular weight excluding hydrogens is 186 g/mol. The lowest BCUT2D eigenvalue weighted by Crippen LogP contribution is -2.32. The molecule has 7 heteroatoms. The molecule has 0 fully saturated rings. The van der Waals surface area contributed by atoms with Crippen molar-refractivity contribution in [3.8, 4) is 0 Å². The highest BCUT2D eigenvalue weighted by Gasteiger charge is 2.13. The van der Waals surface area contributed by atoms with Gasteiger partial charge >= 0.3 is 5.97 Å². The predicted octanol–water partition coefficient (Wildman–Crippen LogP) is -1.25. The second-order valence-electron chi connectivity index (χ2n) is 2.82. The molecule has 0 amide bonds. The van der Waals surface area contributed by atoms with Crippen molar-refractivity contribution >= 4 is 11.8 Å². The van der Waals surface area contributed by atoms with E-state index in [1.54, 1.807) is 6.20 Å². The van der Waals surface area contributed by atoms with Gasteiger partial charge < -0.3 is 16.2 Å². The van der Waals surface area contributed by atoms with Crippen molar-refractivity contribution in [3.63, 3.8) is 0 Å². The average molecular weight is 199 g/mol. The molecule has 0 aliphatic carbocycles. The van der Waals surface area contributed by atoms with Gasteiger partial charge in [-0.15, -0.1) is 5.10 Å². The first kappa shape index (κ1) is 10.5. The van der Waals surface area contributed by atoms with Crippen LogP contribution in [0.2, 0.25) is 0 Å². The standard InChI is InChI=1S/C7H13N5O2/c1-14-7(13)5(8)2-3-12-4-6(9)10-11-12/h4-5H,2-3,8-9H2,1H3. The summed E-state index contributed by atoms with van der Waals surface area (Å²) in [7, 11) is 1.30. The van der Waals surface area contributed by atoms with Gasteiger partial charge in [0.15, 0.2) is 5.82 Å². The summed E-state index contributed by atoms with van der Waals surface area (Å²) in [5, 5.41) is 7.30. The third-order valence-corrected chi connectivity index (χ3v) is 1.73. The Labute approximate surface area is 81.0 Å².